The van der Waals surface area contributed by atoms with E-state index in [0.717, 1.165) is 5.56 Å². The second-order valence-corrected chi connectivity index (χ2v) is 5.82. The molecule has 7 heteroatoms. The topological polar surface area (TPSA) is 102 Å². The lowest BCUT2D eigenvalue weighted by molar-refractivity contribution is -0.137. The van der Waals surface area contributed by atoms with Crippen molar-refractivity contribution in [3.63, 3.8) is 0 Å². The van der Waals surface area contributed by atoms with Crippen LogP contribution >= 0.6 is 0 Å². The summed E-state index contributed by atoms with van der Waals surface area (Å²) in [6, 6.07) is 9.55. The van der Waals surface area contributed by atoms with Crippen LogP contribution in [0.3, 0.4) is 0 Å². The molecule has 0 aromatic heterocycles. The van der Waals surface area contributed by atoms with Gasteiger partial charge in [0.25, 0.3) is 6.47 Å². The Morgan fingerprint density at radius 1 is 1.21 bits per heavy atom. The Morgan fingerprint density at radius 2 is 1.83 bits per heavy atom. The van der Waals surface area contributed by atoms with Gasteiger partial charge in [0.2, 0.25) is 0 Å². The van der Waals surface area contributed by atoms with E-state index in [1.165, 1.54) is 0 Å². The number of carbonyl (C=O) groups excluding carboxylic acids is 2. The van der Waals surface area contributed by atoms with Crippen molar-refractivity contribution in [3.8, 4) is 0 Å². The fourth-order valence-electron chi connectivity index (χ4n) is 1.45. The van der Waals surface area contributed by atoms with E-state index in [9.17, 15) is 14.4 Å². The van der Waals surface area contributed by atoms with Gasteiger partial charge in [-0.3, -0.25) is 9.59 Å². The van der Waals surface area contributed by atoms with E-state index in [-0.39, 0.29) is 6.42 Å². The number of hydrogen-bond acceptors (Lipinski definition) is 5. The number of nitrogens with one attached hydrogen (secondary N) is 1. The van der Waals surface area contributed by atoms with E-state index >= 15 is 0 Å². The number of ether oxygens (including phenoxy) is 2. The van der Waals surface area contributed by atoms with Crippen molar-refractivity contribution in [3.05, 3.63) is 35.9 Å². The third-order valence-electron chi connectivity index (χ3n) is 2.40. The Kier molecular flexibility index (Phi) is 10.6. The minimum Gasteiger partial charge on any atom is -0.481 e. The molecule has 1 aromatic carbocycles. The molecule has 0 atom stereocenters. The summed E-state index contributed by atoms with van der Waals surface area (Å²) >= 11 is 0. The van der Waals surface area contributed by atoms with E-state index in [4.69, 9.17) is 9.84 Å². The third kappa shape index (κ3) is 14.4. The summed E-state index contributed by atoms with van der Waals surface area (Å²) in [7, 11) is 0. The van der Waals surface area contributed by atoms with Gasteiger partial charge in [-0.1, -0.05) is 30.3 Å². The van der Waals surface area contributed by atoms with Crippen LogP contribution in [-0.4, -0.2) is 35.8 Å². The lowest BCUT2D eigenvalue weighted by Gasteiger charge is -2.19. The summed E-state index contributed by atoms with van der Waals surface area (Å²) in [6.45, 7) is 6.44. The van der Waals surface area contributed by atoms with E-state index in [2.05, 4.69) is 10.1 Å². The molecular weight excluding hydrogens is 314 g/mol. The summed E-state index contributed by atoms with van der Waals surface area (Å²) < 4.78 is 9.49. The average molecular weight is 339 g/mol. The van der Waals surface area contributed by atoms with Crippen molar-refractivity contribution in [2.75, 3.05) is 6.54 Å². The number of hydrogen-bond donors (Lipinski definition) is 2. The quantitative estimate of drug-likeness (QED) is 0.585. The molecule has 0 fully saturated rings. The van der Waals surface area contributed by atoms with Gasteiger partial charge in [0.15, 0.2) is 0 Å². The van der Waals surface area contributed by atoms with E-state index < -0.39 is 17.7 Å². The molecule has 7 nitrogen and oxygen atoms in total. The normalized spacial score (nSPS) is 9.96. The Morgan fingerprint density at radius 3 is 2.33 bits per heavy atom. The molecule has 1 aromatic rings. The minimum absolute atomic E-state index is 0.0514. The zero-order valence-corrected chi connectivity index (χ0v) is 14.3. The average Bonchev–Trinajstić information content (AvgIpc) is 2.49. The molecular formula is C17H25NO6. The number of rotatable bonds is 7. The summed E-state index contributed by atoms with van der Waals surface area (Å²) in [5.74, 6) is -0.865. The summed E-state index contributed by atoms with van der Waals surface area (Å²) in [5, 5.41) is 10.8. The van der Waals surface area contributed by atoms with Crippen molar-refractivity contribution in [1.29, 1.82) is 0 Å². The van der Waals surface area contributed by atoms with E-state index in [0.29, 0.717) is 26.0 Å². The zero-order valence-electron chi connectivity index (χ0n) is 14.3. The van der Waals surface area contributed by atoms with E-state index in [1.807, 2.05) is 30.3 Å². The molecule has 0 saturated heterocycles. The van der Waals surface area contributed by atoms with Gasteiger partial charge in [-0.25, -0.2) is 4.79 Å². The first-order valence-corrected chi connectivity index (χ1v) is 7.52. The molecule has 2 N–H and O–H groups in total. The molecule has 0 spiro atoms. The molecule has 0 aliphatic carbocycles. The maximum absolute atomic E-state index is 11.0. The summed E-state index contributed by atoms with van der Waals surface area (Å²) in [6.07, 6.45) is -0.0485. The van der Waals surface area contributed by atoms with E-state index in [1.54, 1.807) is 20.8 Å². The molecule has 0 radical (unpaired) electrons. The molecule has 0 saturated carbocycles. The summed E-state index contributed by atoms with van der Waals surface area (Å²) in [4.78, 5) is 30.9. The molecule has 0 heterocycles. The van der Waals surface area contributed by atoms with Crippen molar-refractivity contribution < 1.29 is 29.0 Å². The van der Waals surface area contributed by atoms with Gasteiger partial charge in [-0.15, -0.1) is 0 Å². The lowest BCUT2D eigenvalue weighted by Crippen LogP contribution is -2.33. The van der Waals surface area contributed by atoms with Gasteiger partial charge in [0, 0.05) is 13.0 Å². The molecule has 24 heavy (non-hydrogen) atoms. The second-order valence-electron chi connectivity index (χ2n) is 5.82. The maximum Gasteiger partial charge on any atom is 0.407 e. The molecule has 0 aliphatic rings. The Balaban J connectivity index is 0.000000463. The molecule has 1 amide bonds. The molecule has 1 rings (SSSR count). The SMILES string of the molecule is CC(C)(C)OC(=O)NCCCC(=O)O.O=COCc1ccccc1. The lowest BCUT2D eigenvalue weighted by atomic mass is 10.2. The van der Waals surface area contributed by atoms with Crippen molar-refractivity contribution in [2.45, 2.75) is 45.8 Å². The molecule has 0 bridgehead atoms. The molecule has 0 unspecified atom stereocenters. The van der Waals surface area contributed by atoms with Crippen LogP contribution < -0.4 is 5.32 Å². The van der Waals surface area contributed by atoms with Gasteiger partial charge >= 0.3 is 12.1 Å². The van der Waals surface area contributed by atoms with Crippen molar-refractivity contribution in [2.24, 2.45) is 0 Å². The van der Waals surface area contributed by atoms with Crippen LogP contribution in [0.1, 0.15) is 39.2 Å². The first-order valence-electron chi connectivity index (χ1n) is 7.52. The molecule has 0 aliphatic heterocycles. The number of carbonyl (C=O) groups is 3. The number of carboxylic acid groups (broad SMARTS) is 1. The monoisotopic (exact) mass is 339 g/mol. The summed E-state index contributed by atoms with van der Waals surface area (Å²) in [5.41, 5.74) is 0.492. The molecule has 134 valence electrons. The number of aliphatic carboxylic acids is 1. The highest BCUT2D eigenvalue weighted by Gasteiger charge is 2.15. The second kappa shape index (κ2) is 11.9. The van der Waals surface area contributed by atoms with Gasteiger partial charge in [0.05, 0.1) is 0 Å². The Labute approximate surface area is 142 Å². The highest BCUT2D eigenvalue weighted by atomic mass is 16.6. The Bertz CT molecular complexity index is 496. The van der Waals surface area contributed by atoms with Crippen LogP contribution in [0, 0.1) is 0 Å². The van der Waals surface area contributed by atoms with Crippen LogP contribution in [0.5, 0.6) is 0 Å². The van der Waals surface area contributed by atoms with Crippen LogP contribution in [0.15, 0.2) is 30.3 Å². The third-order valence-corrected chi connectivity index (χ3v) is 2.40. The predicted octanol–water partition coefficient (Wildman–Crippen LogP) is 2.74. The van der Waals surface area contributed by atoms with Gasteiger partial charge < -0.3 is 19.9 Å². The standard InChI is InChI=1S/C9H17NO4.C8H8O2/c1-9(2,3)14-8(13)10-6-4-5-7(11)12;9-7-10-6-8-4-2-1-3-5-8/h4-6H2,1-3H3,(H,10,13)(H,11,12);1-5,7H,6H2. The highest BCUT2D eigenvalue weighted by molar-refractivity contribution is 5.68. The van der Waals surface area contributed by atoms with Gasteiger partial charge in [0.1, 0.15) is 12.2 Å². The zero-order chi connectivity index (χ0) is 18.4. The first-order chi connectivity index (χ1) is 11.2. The predicted molar refractivity (Wildman–Crippen MR) is 88.4 cm³/mol. The fourth-order valence-corrected chi connectivity index (χ4v) is 1.45. The van der Waals surface area contributed by atoms with Crippen LogP contribution in [0.2, 0.25) is 0 Å². The number of carboxylic acids is 1. The maximum atomic E-state index is 11.0. The fraction of sp³-hybridized carbons (Fsp3) is 0.471. The van der Waals surface area contributed by atoms with Crippen LogP contribution in [0.4, 0.5) is 4.79 Å². The number of alkyl carbamates (subject to hydrolysis) is 1. The van der Waals surface area contributed by atoms with Gasteiger partial charge in [-0.2, -0.15) is 0 Å². The largest absolute Gasteiger partial charge is 0.481 e. The first kappa shape index (κ1) is 21.4. The minimum atomic E-state index is -0.865. The number of benzene rings is 1. The van der Waals surface area contributed by atoms with Crippen LogP contribution in [-0.2, 0) is 25.7 Å². The van der Waals surface area contributed by atoms with Crippen molar-refractivity contribution in [1.82, 2.24) is 5.32 Å². The smallest absolute Gasteiger partial charge is 0.407 e. The number of amides is 1. The highest BCUT2D eigenvalue weighted by Crippen LogP contribution is 2.06. The van der Waals surface area contributed by atoms with Crippen molar-refractivity contribution >= 4 is 18.5 Å². The van der Waals surface area contributed by atoms with Crippen LogP contribution in [0.25, 0.3) is 0 Å². The Hall–Kier alpha value is -2.57. The van der Waals surface area contributed by atoms with Gasteiger partial charge in [-0.05, 0) is 32.8 Å².